The number of benzene rings is 1. The van der Waals surface area contributed by atoms with Crippen LogP contribution in [0.5, 0.6) is 0 Å². The number of esters is 1. The van der Waals surface area contributed by atoms with Gasteiger partial charge in [-0.25, -0.2) is 9.78 Å². The maximum absolute atomic E-state index is 12.1. The van der Waals surface area contributed by atoms with E-state index >= 15 is 0 Å². The van der Waals surface area contributed by atoms with Crippen molar-refractivity contribution in [2.45, 2.75) is 6.92 Å². The van der Waals surface area contributed by atoms with Crippen LogP contribution in [-0.4, -0.2) is 60.0 Å². The summed E-state index contributed by atoms with van der Waals surface area (Å²) in [6.07, 6.45) is 2.54. The van der Waals surface area contributed by atoms with E-state index in [1.165, 1.54) is 0 Å². The largest absolute Gasteiger partial charge is 0.462 e. The van der Waals surface area contributed by atoms with E-state index in [9.17, 15) is 9.59 Å². The Bertz CT molecular complexity index is 775. The van der Waals surface area contributed by atoms with Gasteiger partial charge in [-0.2, -0.15) is 4.98 Å². The molecule has 1 aromatic carbocycles. The van der Waals surface area contributed by atoms with E-state index in [0.717, 1.165) is 12.2 Å². The van der Waals surface area contributed by atoms with Crippen LogP contribution in [0.1, 0.15) is 17.3 Å². The minimum absolute atomic E-state index is 0.311. The molecule has 0 bridgehead atoms. The molecule has 0 aliphatic carbocycles. The van der Waals surface area contributed by atoms with Crippen molar-refractivity contribution in [2.75, 3.05) is 43.0 Å². The topological polar surface area (TPSA) is 87.7 Å². The van der Waals surface area contributed by atoms with Crippen LogP contribution in [0.3, 0.4) is 0 Å². The van der Waals surface area contributed by atoms with Gasteiger partial charge < -0.3 is 19.9 Å². The molecule has 0 spiro atoms. The predicted octanol–water partition coefficient (Wildman–Crippen LogP) is 1.68. The first-order chi connectivity index (χ1) is 12.7. The van der Waals surface area contributed by atoms with E-state index in [4.69, 9.17) is 4.74 Å². The van der Waals surface area contributed by atoms with E-state index in [2.05, 4.69) is 20.2 Å². The van der Waals surface area contributed by atoms with Gasteiger partial charge in [0.25, 0.3) is 0 Å². The summed E-state index contributed by atoms with van der Waals surface area (Å²) >= 11 is 0. The summed E-state index contributed by atoms with van der Waals surface area (Å²) < 4.78 is 5.08. The molecular weight excluding hydrogens is 334 g/mol. The monoisotopic (exact) mass is 355 g/mol. The van der Waals surface area contributed by atoms with Crippen molar-refractivity contribution in [1.29, 1.82) is 0 Å². The number of hydrogen-bond donors (Lipinski definition) is 1. The Morgan fingerprint density at radius 2 is 2.00 bits per heavy atom. The summed E-state index contributed by atoms with van der Waals surface area (Å²) in [6.45, 7) is 4.85. The SMILES string of the molecule is CCOC(=O)c1ccccc1Nc1nccc(N2CCN(C=O)CC2)n1. The second-order valence-corrected chi connectivity index (χ2v) is 5.76. The molecule has 26 heavy (non-hydrogen) atoms. The molecule has 1 amide bonds. The maximum Gasteiger partial charge on any atom is 0.340 e. The average Bonchev–Trinajstić information content (AvgIpc) is 2.69. The molecule has 8 heteroatoms. The number of nitrogens with zero attached hydrogens (tertiary/aromatic N) is 4. The van der Waals surface area contributed by atoms with Crippen LogP contribution in [0.4, 0.5) is 17.5 Å². The molecule has 1 N–H and O–H groups in total. The molecule has 136 valence electrons. The summed E-state index contributed by atoms with van der Waals surface area (Å²) in [5.74, 6) is 0.787. The summed E-state index contributed by atoms with van der Waals surface area (Å²) in [5, 5.41) is 3.09. The van der Waals surface area contributed by atoms with Gasteiger partial charge in [0.2, 0.25) is 12.4 Å². The van der Waals surface area contributed by atoms with Crippen molar-refractivity contribution in [3.8, 4) is 0 Å². The fourth-order valence-electron chi connectivity index (χ4n) is 2.74. The summed E-state index contributed by atoms with van der Waals surface area (Å²) in [5.41, 5.74) is 1.02. The Morgan fingerprint density at radius 3 is 2.73 bits per heavy atom. The highest BCUT2D eigenvalue weighted by atomic mass is 16.5. The Labute approximate surface area is 151 Å². The number of carbonyl (C=O) groups excluding carboxylic acids is 2. The smallest absolute Gasteiger partial charge is 0.340 e. The second kappa shape index (κ2) is 8.28. The zero-order valence-corrected chi connectivity index (χ0v) is 14.6. The first-order valence-corrected chi connectivity index (χ1v) is 8.51. The third-order valence-corrected chi connectivity index (χ3v) is 4.10. The first-order valence-electron chi connectivity index (χ1n) is 8.51. The number of amides is 1. The number of para-hydroxylation sites is 1. The fraction of sp³-hybridized carbons (Fsp3) is 0.333. The third kappa shape index (κ3) is 4.08. The Kier molecular flexibility index (Phi) is 5.62. The number of rotatable bonds is 6. The van der Waals surface area contributed by atoms with Gasteiger partial charge in [-0.3, -0.25) is 4.79 Å². The number of piperazine rings is 1. The minimum atomic E-state index is -0.392. The fourth-order valence-corrected chi connectivity index (χ4v) is 2.74. The lowest BCUT2D eigenvalue weighted by Gasteiger charge is -2.33. The molecule has 0 unspecified atom stereocenters. The van der Waals surface area contributed by atoms with Crippen molar-refractivity contribution in [1.82, 2.24) is 14.9 Å². The summed E-state index contributed by atoms with van der Waals surface area (Å²) in [7, 11) is 0. The molecule has 8 nitrogen and oxygen atoms in total. The molecule has 1 aromatic heterocycles. The lowest BCUT2D eigenvalue weighted by molar-refractivity contribution is -0.118. The van der Waals surface area contributed by atoms with Gasteiger partial charge in [0.1, 0.15) is 5.82 Å². The Balaban J connectivity index is 1.76. The van der Waals surface area contributed by atoms with E-state index in [1.54, 1.807) is 36.2 Å². The summed E-state index contributed by atoms with van der Waals surface area (Å²) in [4.78, 5) is 35.5. The Morgan fingerprint density at radius 1 is 1.23 bits per heavy atom. The van der Waals surface area contributed by atoms with Crippen LogP contribution in [-0.2, 0) is 9.53 Å². The first kappa shape index (κ1) is 17.7. The number of aromatic nitrogens is 2. The average molecular weight is 355 g/mol. The standard InChI is InChI=1S/C18H21N5O3/c1-2-26-17(25)14-5-3-4-6-15(14)20-18-19-8-7-16(21-18)23-11-9-22(13-24)10-12-23/h3-8,13H,2,9-12H2,1H3,(H,19,20,21). The Hall–Kier alpha value is -3.16. The lowest BCUT2D eigenvalue weighted by Crippen LogP contribution is -2.46. The maximum atomic E-state index is 12.1. The number of carbonyl (C=O) groups is 2. The molecular formula is C18H21N5O3. The third-order valence-electron chi connectivity index (χ3n) is 4.10. The van der Waals surface area contributed by atoms with Crippen LogP contribution in [0, 0.1) is 0 Å². The number of ether oxygens (including phenoxy) is 1. The highest BCUT2D eigenvalue weighted by Gasteiger charge is 2.18. The number of anilines is 3. The lowest BCUT2D eigenvalue weighted by atomic mass is 10.2. The van der Waals surface area contributed by atoms with E-state index in [0.29, 0.717) is 50.0 Å². The number of nitrogens with one attached hydrogen (secondary N) is 1. The van der Waals surface area contributed by atoms with Gasteiger partial charge in [0, 0.05) is 32.4 Å². The van der Waals surface area contributed by atoms with Gasteiger partial charge in [0.15, 0.2) is 0 Å². The van der Waals surface area contributed by atoms with Crippen LogP contribution >= 0.6 is 0 Å². The quantitative estimate of drug-likeness (QED) is 0.623. The van der Waals surface area contributed by atoms with Crippen LogP contribution in [0.2, 0.25) is 0 Å². The van der Waals surface area contributed by atoms with E-state index < -0.39 is 5.97 Å². The van der Waals surface area contributed by atoms with E-state index in [-0.39, 0.29) is 0 Å². The van der Waals surface area contributed by atoms with Crippen molar-refractivity contribution < 1.29 is 14.3 Å². The van der Waals surface area contributed by atoms with Crippen LogP contribution < -0.4 is 10.2 Å². The van der Waals surface area contributed by atoms with Crippen LogP contribution in [0.25, 0.3) is 0 Å². The zero-order chi connectivity index (χ0) is 18.4. The second-order valence-electron chi connectivity index (χ2n) is 5.76. The number of hydrogen-bond acceptors (Lipinski definition) is 7. The molecule has 0 radical (unpaired) electrons. The summed E-state index contributed by atoms with van der Waals surface area (Å²) in [6, 6.07) is 8.92. The van der Waals surface area contributed by atoms with Gasteiger partial charge >= 0.3 is 5.97 Å². The molecule has 2 heterocycles. The van der Waals surface area contributed by atoms with Crippen molar-refractivity contribution in [3.05, 3.63) is 42.1 Å². The zero-order valence-electron chi connectivity index (χ0n) is 14.6. The molecule has 1 aliphatic rings. The highest BCUT2D eigenvalue weighted by Crippen LogP contribution is 2.21. The van der Waals surface area contributed by atoms with Gasteiger partial charge in [-0.05, 0) is 25.1 Å². The van der Waals surface area contributed by atoms with Gasteiger partial charge in [-0.15, -0.1) is 0 Å². The van der Waals surface area contributed by atoms with Crippen LogP contribution in [0.15, 0.2) is 36.5 Å². The predicted molar refractivity (Wildman–Crippen MR) is 97.6 cm³/mol. The normalized spacial score (nSPS) is 14.0. The van der Waals surface area contributed by atoms with Gasteiger partial charge in [-0.1, -0.05) is 12.1 Å². The van der Waals surface area contributed by atoms with Crippen molar-refractivity contribution >= 4 is 29.8 Å². The molecule has 1 fully saturated rings. The van der Waals surface area contributed by atoms with Crippen molar-refractivity contribution in [2.24, 2.45) is 0 Å². The van der Waals surface area contributed by atoms with E-state index in [1.807, 2.05) is 12.1 Å². The highest BCUT2D eigenvalue weighted by molar-refractivity contribution is 5.96. The van der Waals surface area contributed by atoms with Gasteiger partial charge in [0.05, 0.1) is 17.9 Å². The molecule has 0 atom stereocenters. The molecule has 3 rings (SSSR count). The molecule has 0 saturated carbocycles. The molecule has 1 aliphatic heterocycles. The minimum Gasteiger partial charge on any atom is -0.462 e. The molecule has 1 saturated heterocycles. The molecule has 2 aromatic rings. The van der Waals surface area contributed by atoms with Crippen molar-refractivity contribution in [3.63, 3.8) is 0 Å².